The van der Waals surface area contributed by atoms with E-state index in [1.807, 2.05) is 42.6 Å². The first kappa shape index (κ1) is 15.3. The first-order valence-electron chi connectivity index (χ1n) is 7.04. The first-order chi connectivity index (χ1) is 10.6. The molecule has 0 amide bonds. The summed E-state index contributed by atoms with van der Waals surface area (Å²) in [6, 6.07) is 13.9. The smallest absolute Gasteiger partial charge is 0.223 e. The number of benzene rings is 2. The predicted octanol–water partition coefficient (Wildman–Crippen LogP) is 5.26. The molecule has 0 aliphatic rings. The fourth-order valence-electron chi connectivity index (χ4n) is 2.28. The van der Waals surface area contributed by atoms with Crippen molar-refractivity contribution in [3.63, 3.8) is 0 Å². The lowest BCUT2D eigenvalue weighted by Gasteiger charge is -2.13. The van der Waals surface area contributed by atoms with E-state index in [0.29, 0.717) is 11.9 Å². The third kappa shape index (κ3) is 3.39. The molecule has 0 spiro atoms. The van der Waals surface area contributed by atoms with Crippen LogP contribution < -0.4 is 5.32 Å². The Labute approximate surface area is 142 Å². The quantitative estimate of drug-likeness (QED) is 0.675. The predicted molar refractivity (Wildman–Crippen MR) is 95.6 cm³/mol. The molecule has 5 heteroatoms. The van der Waals surface area contributed by atoms with E-state index in [2.05, 4.69) is 44.2 Å². The molecule has 1 heterocycles. The lowest BCUT2D eigenvalue weighted by atomic mass is 10.0. The standard InChI is InChI=1S/C17H15BrClN3/c1-11(12-4-2-5-13(19)8-12)9-20-17-21-10-14-15(18)6-3-7-16(14)22-17/h2-8,10-11H,9H2,1H3,(H,20,21,22). The van der Waals surface area contributed by atoms with Gasteiger partial charge in [-0.15, -0.1) is 0 Å². The molecule has 0 aliphatic carbocycles. The van der Waals surface area contributed by atoms with E-state index >= 15 is 0 Å². The fourth-order valence-corrected chi connectivity index (χ4v) is 2.94. The molecule has 1 N–H and O–H groups in total. The average Bonchev–Trinajstić information content (AvgIpc) is 2.53. The number of aromatic nitrogens is 2. The van der Waals surface area contributed by atoms with Gasteiger partial charge in [0.1, 0.15) is 0 Å². The molecule has 2 aromatic carbocycles. The third-order valence-electron chi connectivity index (χ3n) is 3.56. The van der Waals surface area contributed by atoms with Gasteiger partial charge >= 0.3 is 0 Å². The lowest BCUT2D eigenvalue weighted by molar-refractivity contribution is 0.798. The summed E-state index contributed by atoms with van der Waals surface area (Å²) in [5, 5.41) is 5.06. The van der Waals surface area contributed by atoms with Crippen molar-refractivity contribution < 1.29 is 0 Å². The Kier molecular flexibility index (Phi) is 4.60. The third-order valence-corrected chi connectivity index (χ3v) is 4.48. The van der Waals surface area contributed by atoms with Crippen molar-refractivity contribution in [2.24, 2.45) is 0 Å². The fraction of sp³-hybridized carbons (Fsp3) is 0.176. The number of nitrogens with one attached hydrogen (secondary N) is 1. The van der Waals surface area contributed by atoms with Gasteiger partial charge in [-0.1, -0.05) is 52.7 Å². The van der Waals surface area contributed by atoms with Crippen LogP contribution in [0, 0.1) is 0 Å². The zero-order valence-corrected chi connectivity index (χ0v) is 14.4. The second-order valence-electron chi connectivity index (χ2n) is 5.20. The molecule has 1 aromatic heterocycles. The molecule has 0 saturated heterocycles. The molecule has 112 valence electrons. The monoisotopic (exact) mass is 375 g/mol. The molecule has 3 aromatic rings. The topological polar surface area (TPSA) is 37.8 Å². The first-order valence-corrected chi connectivity index (χ1v) is 8.21. The van der Waals surface area contributed by atoms with Gasteiger partial charge in [-0.3, -0.25) is 0 Å². The van der Waals surface area contributed by atoms with Crippen LogP contribution in [0.2, 0.25) is 5.02 Å². The largest absolute Gasteiger partial charge is 0.354 e. The summed E-state index contributed by atoms with van der Waals surface area (Å²) in [7, 11) is 0. The molecule has 0 saturated carbocycles. The summed E-state index contributed by atoms with van der Waals surface area (Å²) < 4.78 is 1.00. The van der Waals surface area contributed by atoms with Crippen LogP contribution in [0.5, 0.6) is 0 Å². The minimum atomic E-state index is 0.320. The molecule has 0 aliphatic heterocycles. The number of nitrogens with zero attached hydrogens (tertiary/aromatic N) is 2. The van der Waals surface area contributed by atoms with E-state index in [1.165, 1.54) is 5.56 Å². The van der Waals surface area contributed by atoms with E-state index in [-0.39, 0.29) is 0 Å². The highest BCUT2D eigenvalue weighted by molar-refractivity contribution is 9.10. The van der Waals surface area contributed by atoms with Crippen LogP contribution in [-0.4, -0.2) is 16.5 Å². The Morgan fingerprint density at radius 2 is 2.05 bits per heavy atom. The molecule has 0 fully saturated rings. The Morgan fingerprint density at radius 3 is 2.86 bits per heavy atom. The van der Waals surface area contributed by atoms with E-state index < -0.39 is 0 Å². The Bertz CT molecular complexity index is 807. The van der Waals surface area contributed by atoms with E-state index in [4.69, 9.17) is 11.6 Å². The van der Waals surface area contributed by atoms with Crippen LogP contribution in [0.1, 0.15) is 18.4 Å². The van der Waals surface area contributed by atoms with E-state index in [0.717, 1.165) is 26.9 Å². The van der Waals surface area contributed by atoms with Crippen molar-refractivity contribution in [2.45, 2.75) is 12.8 Å². The minimum Gasteiger partial charge on any atom is -0.354 e. The van der Waals surface area contributed by atoms with Gasteiger partial charge in [-0.25, -0.2) is 9.97 Å². The van der Waals surface area contributed by atoms with Crippen LogP contribution in [0.4, 0.5) is 5.95 Å². The van der Waals surface area contributed by atoms with Crippen LogP contribution in [0.3, 0.4) is 0 Å². The summed E-state index contributed by atoms with van der Waals surface area (Å²) in [4.78, 5) is 8.91. The van der Waals surface area contributed by atoms with E-state index in [1.54, 1.807) is 0 Å². The van der Waals surface area contributed by atoms with Crippen molar-refractivity contribution in [2.75, 3.05) is 11.9 Å². The van der Waals surface area contributed by atoms with Crippen LogP contribution in [0.15, 0.2) is 53.1 Å². The SMILES string of the molecule is CC(CNc1ncc2c(Br)cccc2n1)c1cccc(Cl)c1. The second kappa shape index (κ2) is 6.63. The van der Waals surface area contributed by atoms with Gasteiger partial charge in [0.15, 0.2) is 0 Å². The van der Waals surface area contributed by atoms with Crippen LogP contribution >= 0.6 is 27.5 Å². The molecular formula is C17H15BrClN3. The van der Waals surface area contributed by atoms with Crippen molar-refractivity contribution in [1.29, 1.82) is 0 Å². The number of anilines is 1. The van der Waals surface area contributed by atoms with Gasteiger partial charge in [-0.2, -0.15) is 0 Å². The Morgan fingerprint density at radius 1 is 1.23 bits per heavy atom. The van der Waals surface area contributed by atoms with Crippen molar-refractivity contribution in [3.05, 3.63) is 63.7 Å². The maximum atomic E-state index is 6.04. The van der Waals surface area contributed by atoms with Gasteiger partial charge < -0.3 is 5.32 Å². The molecule has 22 heavy (non-hydrogen) atoms. The highest BCUT2D eigenvalue weighted by Gasteiger charge is 2.08. The van der Waals surface area contributed by atoms with Gasteiger partial charge in [0.2, 0.25) is 5.95 Å². The van der Waals surface area contributed by atoms with Crippen LogP contribution in [0.25, 0.3) is 10.9 Å². The molecule has 1 unspecified atom stereocenters. The van der Waals surface area contributed by atoms with Gasteiger partial charge in [-0.05, 0) is 35.7 Å². The molecule has 0 radical (unpaired) electrons. The van der Waals surface area contributed by atoms with Crippen LogP contribution in [-0.2, 0) is 0 Å². The maximum absolute atomic E-state index is 6.04. The highest BCUT2D eigenvalue weighted by atomic mass is 79.9. The lowest BCUT2D eigenvalue weighted by Crippen LogP contribution is -2.12. The van der Waals surface area contributed by atoms with Gasteiger partial charge in [0, 0.05) is 27.6 Å². The van der Waals surface area contributed by atoms with Crippen molar-refractivity contribution in [3.8, 4) is 0 Å². The summed E-state index contributed by atoms with van der Waals surface area (Å²) >= 11 is 9.54. The zero-order valence-electron chi connectivity index (χ0n) is 12.1. The summed E-state index contributed by atoms with van der Waals surface area (Å²) in [6.07, 6.45) is 1.83. The summed E-state index contributed by atoms with van der Waals surface area (Å²) in [5.74, 6) is 0.958. The number of hydrogen-bond donors (Lipinski definition) is 1. The number of fused-ring (bicyclic) bond motifs is 1. The Balaban J connectivity index is 1.73. The molecular weight excluding hydrogens is 362 g/mol. The van der Waals surface area contributed by atoms with Crippen molar-refractivity contribution in [1.82, 2.24) is 9.97 Å². The van der Waals surface area contributed by atoms with E-state index in [9.17, 15) is 0 Å². The molecule has 3 nitrogen and oxygen atoms in total. The number of rotatable bonds is 4. The second-order valence-corrected chi connectivity index (χ2v) is 6.49. The van der Waals surface area contributed by atoms with Gasteiger partial charge in [0.05, 0.1) is 5.52 Å². The average molecular weight is 377 g/mol. The number of halogens is 2. The van der Waals surface area contributed by atoms with Crippen molar-refractivity contribution >= 4 is 44.4 Å². The van der Waals surface area contributed by atoms with Gasteiger partial charge in [0.25, 0.3) is 0 Å². The molecule has 3 rings (SSSR count). The molecule has 0 bridgehead atoms. The summed E-state index contributed by atoms with van der Waals surface area (Å²) in [6.45, 7) is 2.90. The normalized spacial score (nSPS) is 12.3. The molecule has 1 atom stereocenters. The highest BCUT2D eigenvalue weighted by Crippen LogP contribution is 2.23. The zero-order chi connectivity index (χ0) is 15.5. The Hall–Kier alpha value is -1.65. The summed E-state index contributed by atoms with van der Waals surface area (Å²) in [5.41, 5.74) is 2.12. The minimum absolute atomic E-state index is 0.320. The number of hydrogen-bond acceptors (Lipinski definition) is 3. The maximum Gasteiger partial charge on any atom is 0.223 e.